The molecule has 0 bridgehead atoms. The molecular formula is C43H50N2O10S2. The largest absolute Gasteiger partial charge is 0.493 e. The van der Waals surface area contributed by atoms with E-state index in [0.717, 1.165) is 34.7 Å². The molecule has 3 heterocycles. The number of hydrogen-bond acceptors (Lipinski definition) is 14. The summed E-state index contributed by atoms with van der Waals surface area (Å²) < 4.78 is 48.8. The van der Waals surface area contributed by atoms with Crippen LogP contribution in [0.2, 0.25) is 0 Å². The van der Waals surface area contributed by atoms with E-state index in [-0.39, 0.29) is 30.8 Å². The molecule has 2 aromatic heterocycles. The van der Waals surface area contributed by atoms with Crippen molar-refractivity contribution in [1.29, 1.82) is 0 Å². The molecule has 57 heavy (non-hydrogen) atoms. The quantitative estimate of drug-likeness (QED) is 0.0795. The van der Waals surface area contributed by atoms with Gasteiger partial charge in [-0.25, -0.2) is 4.79 Å². The number of aromatic nitrogens is 2. The van der Waals surface area contributed by atoms with Crippen LogP contribution in [0.15, 0.2) is 59.5 Å². The van der Waals surface area contributed by atoms with Gasteiger partial charge in [0.15, 0.2) is 23.0 Å². The van der Waals surface area contributed by atoms with E-state index in [4.69, 9.17) is 33.2 Å². The predicted octanol–water partition coefficient (Wildman–Crippen LogP) is 9.12. The number of thiophene rings is 1. The monoisotopic (exact) mass is 818 g/mol. The van der Waals surface area contributed by atoms with Crippen LogP contribution in [-0.4, -0.2) is 64.7 Å². The average molecular weight is 819 g/mol. The number of hydrogen-bond donors (Lipinski definition) is 1. The van der Waals surface area contributed by atoms with Crippen LogP contribution in [-0.2, 0) is 21.7 Å². The number of methoxy groups -OCH3 is 2. The Labute approximate surface area is 341 Å². The van der Waals surface area contributed by atoms with Crippen molar-refractivity contribution >= 4 is 51.9 Å². The third kappa shape index (κ3) is 10.0. The first-order valence-electron chi connectivity index (χ1n) is 18.6. The highest BCUT2D eigenvalue weighted by atomic mass is 32.1. The van der Waals surface area contributed by atoms with Crippen molar-refractivity contribution in [3.63, 3.8) is 0 Å². The summed E-state index contributed by atoms with van der Waals surface area (Å²) in [6.45, 7) is 17.3. The molecule has 0 spiro atoms. The number of rotatable bonds is 15. The lowest BCUT2D eigenvalue weighted by atomic mass is 9.90. The molecule has 1 aliphatic rings. The van der Waals surface area contributed by atoms with E-state index in [0.29, 0.717) is 67.2 Å². The van der Waals surface area contributed by atoms with E-state index in [1.54, 1.807) is 31.4 Å². The molecule has 6 rings (SSSR count). The summed E-state index contributed by atoms with van der Waals surface area (Å²) in [5.41, 5.74) is 4.95. The molecule has 1 aliphatic heterocycles. The second-order valence-corrected chi connectivity index (χ2v) is 15.9. The van der Waals surface area contributed by atoms with Crippen LogP contribution in [0.5, 0.6) is 34.5 Å². The first-order chi connectivity index (χ1) is 27.1. The Hall–Kier alpha value is -5.18. The van der Waals surface area contributed by atoms with Crippen LogP contribution in [0.4, 0.5) is 0 Å². The van der Waals surface area contributed by atoms with E-state index >= 15 is 0 Å². The molecule has 12 nitrogen and oxygen atoms in total. The standard InChI is InChI=1S/C29H30N2O6S2.C14H20O4/c1-15(2)35-24-12-18(11-23(34-6)27(24)36-16(3)4)10-20-26(19-7-8-21-22(13-19)31-39-30-21)28(32)37-29(20,33)25-9-17(5)14-38-25;1-9(2)17-13-7-11(8-15)6-12(16-5)14(13)18-10(3)4/h7-9,11-16,33H,10H2,1-6H3;6-10H,1-5H3. The molecule has 0 fully saturated rings. The van der Waals surface area contributed by atoms with E-state index in [9.17, 15) is 14.7 Å². The Balaban J connectivity index is 0.000000290. The maximum atomic E-state index is 13.4. The maximum absolute atomic E-state index is 13.4. The number of fused-ring (bicyclic) bond motifs is 1. The predicted molar refractivity (Wildman–Crippen MR) is 222 cm³/mol. The smallest absolute Gasteiger partial charge is 0.342 e. The maximum Gasteiger partial charge on any atom is 0.342 e. The molecule has 3 aromatic carbocycles. The summed E-state index contributed by atoms with van der Waals surface area (Å²) in [6, 6.07) is 14.3. The normalized spacial score (nSPS) is 15.3. The number of nitrogens with zero attached hydrogens (tertiary/aromatic N) is 2. The summed E-state index contributed by atoms with van der Waals surface area (Å²) >= 11 is 2.44. The minimum absolute atomic E-state index is 0.00417. The van der Waals surface area contributed by atoms with Gasteiger partial charge in [-0.05, 0) is 127 Å². The van der Waals surface area contributed by atoms with Gasteiger partial charge in [-0.1, -0.05) is 6.07 Å². The molecule has 304 valence electrons. The van der Waals surface area contributed by atoms with Gasteiger partial charge in [-0.2, -0.15) is 8.75 Å². The number of aryl methyl sites for hydroxylation is 1. The number of carbonyl (C=O) groups is 2. The second-order valence-electron chi connectivity index (χ2n) is 14.5. The van der Waals surface area contributed by atoms with Gasteiger partial charge < -0.3 is 38.3 Å². The van der Waals surface area contributed by atoms with Gasteiger partial charge >= 0.3 is 5.97 Å². The number of esters is 1. The summed E-state index contributed by atoms with van der Waals surface area (Å²) in [7, 11) is 3.11. The highest BCUT2D eigenvalue weighted by Gasteiger charge is 2.49. The van der Waals surface area contributed by atoms with Gasteiger partial charge in [-0.15, -0.1) is 11.3 Å². The van der Waals surface area contributed by atoms with Gasteiger partial charge in [0.1, 0.15) is 17.3 Å². The molecule has 1 atom stereocenters. The summed E-state index contributed by atoms with van der Waals surface area (Å²) in [6.07, 6.45) is 0.720. The number of ether oxygens (including phenoxy) is 7. The molecule has 0 radical (unpaired) electrons. The van der Waals surface area contributed by atoms with Crippen LogP contribution in [0.3, 0.4) is 0 Å². The highest BCUT2D eigenvalue weighted by Crippen LogP contribution is 2.48. The van der Waals surface area contributed by atoms with Crippen molar-refractivity contribution in [2.45, 2.75) is 98.9 Å². The van der Waals surface area contributed by atoms with Crippen LogP contribution in [0, 0.1) is 6.92 Å². The van der Waals surface area contributed by atoms with Crippen molar-refractivity contribution in [1.82, 2.24) is 8.75 Å². The number of aldehydes is 1. The molecule has 0 aliphatic carbocycles. The van der Waals surface area contributed by atoms with E-state index in [1.165, 1.54) is 18.4 Å². The fourth-order valence-corrected chi connectivity index (χ4v) is 7.55. The molecule has 0 amide bonds. The highest BCUT2D eigenvalue weighted by molar-refractivity contribution is 7.10. The zero-order chi connectivity index (χ0) is 41.6. The fraction of sp³-hybridized carbons (Fsp3) is 0.395. The summed E-state index contributed by atoms with van der Waals surface area (Å²) in [5.74, 6) is 0.548. The van der Waals surface area contributed by atoms with Gasteiger partial charge in [0, 0.05) is 17.6 Å². The summed E-state index contributed by atoms with van der Waals surface area (Å²) in [5, 5.41) is 13.9. The van der Waals surface area contributed by atoms with Crippen molar-refractivity contribution in [3.8, 4) is 34.5 Å². The van der Waals surface area contributed by atoms with Crippen LogP contribution >= 0.6 is 23.1 Å². The van der Waals surface area contributed by atoms with Crippen molar-refractivity contribution < 1.29 is 47.9 Å². The molecule has 14 heteroatoms. The summed E-state index contributed by atoms with van der Waals surface area (Å²) in [4.78, 5) is 24.8. The Morgan fingerprint density at radius 3 is 1.84 bits per heavy atom. The number of cyclic esters (lactones) is 1. The average Bonchev–Trinajstić information content (AvgIpc) is 3.86. The molecule has 0 saturated carbocycles. The lowest BCUT2D eigenvalue weighted by Gasteiger charge is -2.25. The van der Waals surface area contributed by atoms with E-state index < -0.39 is 11.8 Å². The van der Waals surface area contributed by atoms with E-state index in [2.05, 4.69) is 8.75 Å². The third-order valence-electron chi connectivity index (χ3n) is 8.28. The topological polar surface area (TPSA) is 145 Å². The lowest BCUT2D eigenvalue weighted by Crippen LogP contribution is -2.28. The molecule has 5 aromatic rings. The van der Waals surface area contributed by atoms with Crippen molar-refractivity contribution in [2.24, 2.45) is 0 Å². The Bertz CT molecular complexity index is 2240. The third-order valence-corrected chi connectivity index (χ3v) is 9.97. The van der Waals surface area contributed by atoms with Gasteiger partial charge in [0.2, 0.25) is 11.5 Å². The van der Waals surface area contributed by atoms with Gasteiger partial charge in [0.25, 0.3) is 5.79 Å². The van der Waals surface area contributed by atoms with Crippen LogP contribution in [0.25, 0.3) is 16.6 Å². The van der Waals surface area contributed by atoms with Crippen LogP contribution in [0.1, 0.15) is 87.3 Å². The Morgan fingerprint density at radius 2 is 1.30 bits per heavy atom. The first-order valence-corrected chi connectivity index (χ1v) is 20.2. The minimum atomic E-state index is -1.93. The van der Waals surface area contributed by atoms with Gasteiger partial charge in [0.05, 0.1) is 60.8 Å². The Morgan fingerprint density at radius 1 is 0.754 bits per heavy atom. The van der Waals surface area contributed by atoms with Gasteiger partial charge in [-0.3, -0.25) is 4.79 Å². The minimum Gasteiger partial charge on any atom is -0.493 e. The molecule has 1 unspecified atom stereocenters. The van der Waals surface area contributed by atoms with Crippen LogP contribution < -0.4 is 28.4 Å². The van der Waals surface area contributed by atoms with Crippen molar-refractivity contribution in [3.05, 3.63) is 86.6 Å². The second kappa shape index (κ2) is 18.4. The number of aliphatic hydroxyl groups is 1. The Kier molecular flexibility index (Phi) is 13.9. The van der Waals surface area contributed by atoms with E-state index in [1.807, 2.05) is 92.0 Å². The lowest BCUT2D eigenvalue weighted by molar-refractivity contribution is -0.184. The number of benzene rings is 3. The SMILES string of the molecule is COc1cc(C=O)cc(OC(C)C)c1OC(C)C.COc1cc(CC2=C(c3ccc4nsnc4c3)C(=O)OC2(O)c2cc(C)cs2)cc(OC(C)C)c1OC(C)C. The zero-order valence-electron chi connectivity index (χ0n) is 34.1. The fourth-order valence-electron chi connectivity index (χ4n) is 6.08. The first kappa shape index (κ1) is 43.0. The molecule has 1 N–H and O–H groups in total. The van der Waals surface area contributed by atoms with Crippen molar-refractivity contribution in [2.75, 3.05) is 14.2 Å². The molecular weight excluding hydrogens is 769 g/mol. The molecule has 0 saturated heterocycles. The number of carbonyl (C=O) groups excluding carboxylic acids is 2. The zero-order valence-corrected chi connectivity index (χ0v) is 35.8.